The lowest BCUT2D eigenvalue weighted by molar-refractivity contribution is -0.120. The first-order valence-corrected chi connectivity index (χ1v) is 8.86. The van der Waals surface area contributed by atoms with Crippen molar-refractivity contribution in [1.82, 2.24) is 29.8 Å². The van der Waals surface area contributed by atoms with Crippen LogP contribution in [0.3, 0.4) is 0 Å². The number of amides is 1. The normalized spacial score (nSPS) is 15.1. The molecule has 1 aliphatic heterocycles. The predicted octanol–water partition coefficient (Wildman–Crippen LogP) is 0.628. The molecule has 2 aromatic heterocycles. The highest BCUT2D eigenvalue weighted by molar-refractivity contribution is 14.0. The van der Waals surface area contributed by atoms with E-state index in [0.717, 1.165) is 36.7 Å². The Hall–Kier alpha value is -2.11. The van der Waals surface area contributed by atoms with Crippen LogP contribution in [0.25, 0.3) is 0 Å². The molecule has 0 radical (unpaired) electrons. The average Bonchev–Trinajstić information content (AvgIpc) is 3.22. The molecule has 0 bridgehead atoms. The van der Waals surface area contributed by atoms with E-state index in [2.05, 4.69) is 20.5 Å². The number of piperazine rings is 1. The summed E-state index contributed by atoms with van der Waals surface area (Å²) in [4.78, 5) is 21.1. The molecule has 0 atom stereocenters. The number of carbonyl (C=O) groups is 1. The highest BCUT2D eigenvalue weighted by Gasteiger charge is 2.27. The van der Waals surface area contributed by atoms with Crippen molar-refractivity contribution in [1.29, 1.82) is 0 Å². The number of hydrogen-bond acceptors (Lipinski definition) is 4. The minimum absolute atomic E-state index is 0. The molecule has 1 fully saturated rings. The van der Waals surface area contributed by atoms with Crippen LogP contribution in [-0.4, -0.2) is 69.1 Å². The van der Waals surface area contributed by atoms with E-state index in [-0.39, 0.29) is 29.9 Å². The number of aliphatic imine (C=N–C) groups is 1. The van der Waals surface area contributed by atoms with Gasteiger partial charge in [0.15, 0.2) is 5.96 Å². The van der Waals surface area contributed by atoms with Gasteiger partial charge < -0.3 is 15.1 Å². The summed E-state index contributed by atoms with van der Waals surface area (Å²) in [5, 5.41) is 11.6. The first-order chi connectivity index (χ1) is 12.6. The molecule has 0 spiro atoms. The second-order valence-corrected chi connectivity index (χ2v) is 6.35. The van der Waals surface area contributed by atoms with E-state index in [4.69, 9.17) is 0 Å². The molecular weight excluding hydrogens is 459 g/mol. The van der Waals surface area contributed by atoms with Gasteiger partial charge in [-0.25, -0.2) is 0 Å². The Labute approximate surface area is 176 Å². The van der Waals surface area contributed by atoms with Crippen LogP contribution in [0.4, 0.5) is 5.69 Å². The van der Waals surface area contributed by atoms with Crippen LogP contribution < -0.4 is 10.2 Å². The largest absolute Gasteiger partial charge is 0.357 e. The summed E-state index contributed by atoms with van der Waals surface area (Å²) in [6.45, 7) is 5.13. The van der Waals surface area contributed by atoms with E-state index < -0.39 is 0 Å². The van der Waals surface area contributed by atoms with E-state index in [1.54, 1.807) is 20.5 Å². The maximum absolute atomic E-state index is 12.6. The smallest absolute Gasteiger partial charge is 0.246 e. The van der Waals surface area contributed by atoms with Gasteiger partial charge in [-0.15, -0.1) is 24.0 Å². The topological polar surface area (TPSA) is 83.6 Å². The summed E-state index contributed by atoms with van der Waals surface area (Å²) in [5.74, 6) is 0.845. The molecule has 0 unspecified atom stereocenters. The fourth-order valence-electron chi connectivity index (χ4n) is 2.99. The zero-order valence-corrected chi connectivity index (χ0v) is 18.3. The predicted molar refractivity (Wildman–Crippen MR) is 115 cm³/mol. The van der Waals surface area contributed by atoms with Crippen LogP contribution in [0.2, 0.25) is 0 Å². The van der Waals surface area contributed by atoms with Crippen molar-refractivity contribution in [2.75, 3.05) is 37.6 Å². The Kier molecular flexibility index (Phi) is 7.63. The van der Waals surface area contributed by atoms with Gasteiger partial charge in [0.05, 0.1) is 18.1 Å². The fourth-order valence-corrected chi connectivity index (χ4v) is 2.99. The average molecular weight is 486 g/mol. The molecule has 0 aromatic carbocycles. The first-order valence-electron chi connectivity index (χ1n) is 8.86. The first kappa shape index (κ1) is 21.2. The minimum atomic E-state index is 0. The molecule has 10 heteroatoms. The number of aromatic nitrogens is 4. The summed E-state index contributed by atoms with van der Waals surface area (Å²) in [5.41, 5.74) is 2.00. The fraction of sp³-hybridized carbons (Fsp3) is 0.529. The van der Waals surface area contributed by atoms with Crippen LogP contribution in [0.1, 0.15) is 12.5 Å². The van der Waals surface area contributed by atoms with E-state index in [1.807, 2.05) is 44.5 Å². The number of aryl methyl sites for hydroxylation is 2. The van der Waals surface area contributed by atoms with Crippen molar-refractivity contribution in [3.05, 3.63) is 30.4 Å². The molecule has 148 valence electrons. The van der Waals surface area contributed by atoms with Gasteiger partial charge in [0.1, 0.15) is 6.54 Å². The third-order valence-electron chi connectivity index (χ3n) is 4.28. The minimum Gasteiger partial charge on any atom is -0.357 e. The van der Waals surface area contributed by atoms with Crippen molar-refractivity contribution >= 4 is 41.5 Å². The number of guanidine groups is 1. The molecule has 0 aliphatic carbocycles. The Morgan fingerprint density at radius 1 is 1.19 bits per heavy atom. The lowest BCUT2D eigenvalue weighted by Crippen LogP contribution is -2.55. The maximum atomic E-state index is 12.6. The number of carbonyl (C=O) groups excluding carboxylic acids is 1. The Bertz CT molecular complexity index is 784. The Morgan fingerprint density at radius 3 is 2.52 bits per heavy atom. The Morgan fingerprint density at radius 2 is 1.93 bits per heavy atom. The van der Waals surface area contributed by atoms with Crippen molar-refractivity contribution in [3.8, 4) is 0 Å². The van der Waals surface area contributed by atoms with E-state index >= 15 is 0 Å². The van der Waals surface area contributed by atoms with Gasteiger partial charge in [0.25, 0.3) is 0 Å². The van der Waals surface area contributed by atoms with Crippen LogP contribution >= 0.6 is 24.0 Å². The van der Waals surface area contributed by atoms with Gasteiger partial charge in [-0.3, -0.25) is 19.2 Å². The molecule has 3 rings (SSSR count). The van der Waals surface area contributed by atoms with Crippen molar-refractivity contribution in [2.24, 2.45) is 19.1 Å². The number of rotatable bonds is 5. The van der Waals surface area contributed by atoms with Crippen molar-refractivity contribution < 1.29 is 4.79 Å². The third kappa shape index (κ3) is 5.44. The molecule has 1 N–H and O–H groups in total. The van der Waals surface area contributed by atoms with Crippen molar-refractivity contribution in [3.63, 3.8) is 0 Å². The van der Waals surface area contributed by atoms with Gasteiger partial charge in [0, 0.05) is 52.7 Å². The lowest BCUT2D eigenvalue weighted by Gasteiger charge is -2.35. The summed E-state index contributed by atoms with van der Waals surface area (Å²) in [6.07, 6.45) is 8.27. The number of nitrogens with zero attached hydrogens (tertiary/aromatic N) is 7. The highest BCUT2D eigenvalue weighted by Crippen LogP contribution is 2.16. The molecule has 3 heterocycles. The van der Waals surface area contributed by atoms with Gasteiger partial charge >= 0.3 is 0 Å². The molecule has 27 heavy (non-hydrogen) atoms. The highest BCUT2D eigenvalue weighted by atomic mass is 127. The zero-order valence-electron chi connectivity index (χ0n) is 16.0. The van der Waals surface area contributed by atoms with E-state index in [0.29, 0.717) is 19.6 Å². The summed E-state index contributed by atoms with van der Waals surface area (Å²) < 4.78 is 3.50. The molecule has 1 saturated heterocycles. The Balaban J connectivity index is 0.00000261. The molecule has 1 amide bonds. The summed E-state index contributed by atoms with van der Waals surface area (Å²) in [6, 6.07) is 0. The van der Waals surface area contributed by atoms with Gasteiger partial charge in [-0.1, -0.05) is 0 Å². The number of nitrogens with one attached hydrogen (secondary N) is 1. The quantitative estimate of drug-likeness (QED) is 0.381. The van der Waals surface area contributed by atoms with E-state index in [9.17, 15) is 4.79 Å². The molecule has 2 aromatic rings. The monoisotopic (exact) mass is 486 g/mol. The van der Waals surface area contributed by atoms with Crippen LogP contribution in [0, 0.1) is 0 Å². The zero-order chi connectivity index (χ0) is 18.5. The van der Waals surface area contributed by atoms with E-state index in [1.165, 1.54) is 0 Å². The van der Waals surface area contributed by atoms with Gasteiger partial charge in [-0.05, 0) is 18.9 Å². The lowest BCUT2D eigenvalue weighted by atomic mass is 10.2. The van der Waals surface area contributed by atoms with Crippen molar-refractivity contribution in [2.45, 2.75) is 13.3 Å². The number of hydrogen-bond donors (Lipinski definition) is 1. The molecule has 1 aliphatic rings. The second kappa shape index (κ2) is 9.72. The molecule has 9 nitrogen and oxygen atoms in total. The SMILES string of the molecule is CCNC(=NCCc1cnn(C)c1)N1CCN(c2cnn(C)c2)C(=O)C1.I. The molecular formula is C17H27IN8O. The maximum Gasteiger partial charge on any atom is 0.246 e. The van der Waals surface area contributed by atoms with Gasteiger partial charge in [-0.2, -0.15) is 10.2 Å². The summed E-state index contributed by atoms with van der Waals surface area (Å²) in [7, 11) is 3.76. The summed E-state index contributed by atoms with van der Waals surface area (Å²) >= 11 is 0. The van der Waals surface area contributed by atoms with Crippen LogP contribution in [0.5, 0.6) is 0 Å². The standard InChI is InChI=1S/C17H26N8O.HI/c1-4-18-17(19-6-5-14-9-20-22(2)11-14)24-7-8-25(16(26)13-24)15-10-21-23(3)12-15;/h9-12H,4-8,13H2,1-3H3,(H,18,19);1H. The van der Waals surface area contributed by atoms with Crippen LogP contribution in [-0.2, 0) is 25.3 Å². The number of halogens is 1. The second-order valence-electron chi connectivity index (χ2n) is 6.35. The van der Waals surface area contributed by atoms with Crippen LogP contribution in [0.15, 0.2) is 29.8 Å². The third-order valence-corrected chi connectivity index (χ3v) is 4.28. The molecule has 0 saturated carbocycles. The number of anilines is 1. The van der Waals surface area contributed by atoms with Gasteiger partial charge in [0.2, 0.25) is 5.91 Å².